The Balaban J connectivity index is 1.79. The van der Waals surface area contributed by atoms with Crippen molar-refractivity contribution < 1.29 is 8.42 Å². The first-order valence-corrected chi connectivity index (χ1v) is 9.58. The van der Waals surface area contributed by atoms with Crippen molar-refractivity contribution in [1.29, 1.82) is 0 Å². The topological polar surface area (TPSA) is 109 Å². The number of aryl methyl sites for hydroxylation is 1. The first kappa shape index (κ1) is 17.3. The summed E-state index contributed by atoms with van der Waals surface area (Å²) in [6.45, 7) is 1.97. The molecule has 130 valence electrons. The first-order valence-electron chi connectivity index (χ1n) is 7.28. The number of nitrogens with zero attached hydrogens (tertiary/aromatic N) is 3. The van der Waals surface area contributed by atoms with Crippen molar-refractivity contribution >= 4 is 43.8 Å². The summed E-state index contributed by atoms with van der Waals surface area (Å²) in [4.78, 5) is 13.8. The maximum Gasteiger partial charge on any atom is 0.240 e. The molecule has 3 aromatic rings. The summed E-state index contributed by atoms with van der Waals surface area (Å²) in [5.74, 6) is 1.12. The standard InChI is InChI=1S/C15H16N6O2S2/c1-10-8-17-15(24-10)21-14-7-13(18-9-19-14)20-11-4-3-5-12(6-11)25(22,23)16-2/h3-9,16H,1-2H3,(H2,17,18,19,20,21). The molecule has 0 saturated heterocycles. The van der Waals surface area contributed by atoms with Crippen LogP contribution < -0.4 is 15.4 Å². The second-order valence-corrected chi connectivity index (χ2v) is 8.17. The molecule has 2 aromatic heterocycles. The molecule has 0 aliphatic heterocycles. The third kappa shape index (κ3) is 4.29. The van der Waals surface area contributed by atoms with Crippen molar-refractivity contribution in [2.75, 3.05) is 17.7 Å². The highest BCUT2D eigenvalue weighted by molar-refractivity contribution is 7.89. The Bertz CT molecular complexity index is 987. The number of rotatable bonds is 6. The normalized spacial score (nSPS) is 11.3. The zero-order valence-corrected chi connectivity index (χ0v) is 15.1. The highest BCUT2D eigenvalue weighted by atomic mass is 32.2. The van der Waals surface area contributed by atoms with Gasteiger partial charge in [0.1, 0.15) is 18.0 Å². The van der Waals surface area contributed by atoms with Crippen LogP contribution in [0.15, 0.2) is 47.8 Å². The largest absolute Gasteiger partial charge is 0.340 e. The van der Waals surface area contributed by atoms with Crippen LogP contribution in [0.4, 0.5) is 22.5 Å². The smallest absolute Gasteiger partial charge is 0.240 e. The number of hydrogen-bond donors (Lipinski definition) is 3. The molecular weight excluding hydrogens is 360 g/mol. The van der Waals surface area contributed by atoms with Crippen LogP contribution in [0.2, 0.25) is 0 Å². The molecule has 0 amide bonds. The Morgan fingerprint density at radius 2 is 1.80 bits per heavy atom. The summed E-state index contributed by atoms with van der Waals surface area (Å²) in [7, 11) is -2.13. The van der Waals surface area contributed by atoms with Gasteiger partial charge in [0.15, 0.2) is 5.13 Å². The highest BCUT2D eigenvalue weighted by Gasteiger charge is 2.11. The molecule has 3 rings (SSSR count). The molecule has 0 aliphatic rings. The fraction of sp³-hybridized carbons (Fsp3) is 0.133. The molecule has 8 nitrogen and oxygen atoms in total. The van der Waals surface area contributed by atoms with E-state index in [1.807, 2.05) is 6.92 Å². The van der Waals surface area contributed by atoms with Crippen LogP contribution in [0.25, 0.3) is 0 Å². The lowest BCUT2D eigenvalue weighted by molar-refractivity contribution is 0.588. The van der Waals surface area contributed by atoms with Gasteiger partial charge in [-0.3, -0.25) is 0 Å². The number of thiazole rings is 1. The van der Waals surface area contributed by atoms with Crippen LogP contribution in [-0.2, 0) is 10.0 Å². The molecular formula is C15H16N6O2S2. The van der Waals surface area contributed by atoms with Gasteiger partial charge in [0.25, 0.3) is 0 Å². The number of sulfonamides is 1. The van der Waals surface area contributed by atoms with Crippen molar-refractivity contribution in [1.82, 2.24) is 19.7 Å². The molecule has 0 fully saturated rings. The van der Waals surface area contributed by atoms with Crippen LogP contribution in [0.3, 0.4) is 0 Å². The maximum atomic E-state index is 11.9. The van der Waals surface area contributed by atoms with Crippen molar-refractivity contribution in [2.45, 2.75) is 11.8 Å². The number of nitrogens with one attached hydrogen (secondary N) is 3. The van der Waals surface area contributed by atoms with E-state index in [1.54, 1.807) is 24.4 Å². The van der Waals surface area contributed by atoms with Crippen LogP contribution in [0.5, 0.6) is 0 Å². The maximum absolute atomic E-state index is 11.9. The third-order valence-corrected chi connectivity index (χ3v) is 5.45. The fourth-order valence-corrected chi connectivity index (χ4v) is 3.47. The van der Waals surface area contributed by atoms with E-state index in [9.17, 15) is 8.42 Å². The number of benzene rings is 1. The fourth-order valence-electron chi connectivity index (χ4n) is 2.02. The Morgan fingerprint density at radius 1 is 1.04 bits per heavy atom. The molecule has 2 heterocycles. The number of aromatic nitrogens is 3. The van der Waals surface area contributed by atoms with Crippen molar-refractivity contribution in [2.24, 2.45) is 0 Å². The van der Waals surface area contributed by atoms with Gasteiger partial charge >= 0.3 is 0 Å². The molecule has 0 saturated carbocycles. The molecule has 10 heteroatoms. The molecule has 25 heavy (non-hydrogen) atoms. The van der Waals surface area contributed by atoms with Gasteiger partial charge in [-0.15, -0.1) is 11.3 Å². The molecule has 0 bridgehead atoms. The van der Waals surface area contributed by atoms with E-state index in [2.05, 4.69) is 30.3 Å². The van der Waals surface area contributed by atoms with Gasteiger partial charge in [0.05, 0.1) is 4.90 Å². The Labute approximate surface area is 149 Å². The summed E-state index contributed by atoms with van der Waals surface area (Å²) in [6.07, 6.45) is 3.19. The quantitative estimate of drug-likeness (QED) is 0.607. The van der Waals surface area contributed by atoms with Gasteiger partial charge in [-0.05, 0) is 32.2 Å². The van der Waals surface area contributed by atoms with Crippen LogP contribution in [0, 0.1) is 6.92 Å². The highest BCUT2D eigenvalue weighted by Crippen LogP contribution is 2.23. The van der Waals surface area contributed by atoms with E-state index in [0.29, 0.717) is 17.3 Å². The lowest BCUT2D eigenvalue weighted by Gasteiger charge is -2.09. The lowest BCUT2D eigenvalue weighted by atomic mass is 10.3. The predicted octanol–water partition coefficient (Wildman–Crippen LogP) is 2.64. The minimum Gasteiger partial charge on any atom is -0.340 e. The van der Waals surface area contributed by atoms with Crippen LogP contribution in [0.1, 0.15) is 4.88 Å². The molecule has 3 N–H and O–H groups in total. The predicted molar refractivity (Wildman–Crippen MR) is 98.1 cm³/mol. The number of anilines is 4. The Kier molecular flexibility index (Phi) is 4.93. The monoisotopic (exact) mass is 376 g/mol. The van der Waals surface area contributed by atoms with Gasteiger partial charge in [0.2, 0.25) is 10.0 Å². The van der Waals surface area contributed by atoms with Crippen molar-refractivity contribution in [3.8, 4) is 0 Å². The van der Waals surface area contributed by atoms with Gasteiger partial charge in [-0.1, -0.05) is 6.07 Å². The second kappa shape index (κ2) is 7.13. The Hall–Kier alpha value is -2.56. The zero-order valence-electron chi connectivity index (χ0n) is 13.5. The summed E-state index contributed by atoms with van der Waals surface area (Å²) in [5, 5.41) is 6.92. The molecule has 0 unspecified atom stereocenters. The SMILES string of the molecule is CNS(=O)(=O)c1cccc(Nc2cc(Nc3ncc(C)s3)ncn2)c1. The second-order valence-electron chi connectivity index (χ2n) is 5.05. The van der Waals surface area contributed by atoms with E-state index >= 15 is 0 Å². The van der Waals surface area contributed by atoms with Gasteiger partial charge in [-0.25, -0.2) is 28.1 Å². The van der Waals surface area contributed by atoms with E-state index < -0.39 is 10.0 Å². The summed E-state index contributed by atoms with van der Waals surface area (Å²) >= 11 is 1.52. The van der Waals surface area contributed by atoms with E-state index in [0.717, 1.165) is 10.0 Å². The average Bonchev–Trinajstić information content (AvgIpc) is 3.00. The lowest BCUT2D eigenvalue weighted by Crippen LogP contribution is -2.18. The van der Waals surface area contributed by atoms with E-state index in [1.165, 1.54) is 36.8 Å². The minimum atomic E-state index is -3.50. The summed E-state index contributed by atoms with van der Waals surface area (Å²) in [6, 6.07) is 8.19. The molecule has 0 spiro atoms. The molecule has 1 aromatic carbocycles. The van der Waals surface area contributed by atoms with Crippen LogP contribution >= 0.6 is 11.3 Å². The van der Waals surface area contributed by atoms with Crippen molar-refractivity contribution in [3.05, 3.63) is 47.7 Å². The van der Waals surface area contributed by atoms with Gasteiger partial charge < -0.3 is 10.6 Å². The van der Waals surface area contributed by atoms with Crippen molar-refractivity contribution in [3.63, 3.8) is 0 Å². The van der Waals surface area contributed by atoms with Gasteiger partial charge in [-0.2, -0.15) is 0 Å². The van der Waals surface area contributed by atoms with E-state index in [-0.39, 0.29) is 4.90 Å². The third-order valence-electron chi connectivity index (χ3n) is 3.21. The number of hydrogen-bond acceptors (Lipinski definition) is 8. The van der Waals surface area contributed by atoms with Crippen LogP contribution in [-0.4, -0.2) is 30.4 Å². The van der Waals surface area contributed by atoms with Gasteiger partial charge in [0, 0.05) is 22.8 Å². The minimum absolute atomic E-state index is 0.172. The molecule has 0 atom stereocenters. The van der Waals surface area contributed by atoms with E-state index in [4.69, 9.17) is 0 Å². The summed E-state index contributed by atoms with van der Waals surface area (Å²) < 4.78 is 26.1. The first-order chi connectivity index (χ1) is 12.0. The summed E-state index contributed by atoms with van der Waals surface area (Å²) in [5.41, 5.74) is 0.603. The molecule has 0 aliphatic carbocycles. The molecule has 0 radical (unpaired) electrons. The Morgan fingerprint density at radius 3 is 2.48 bits per heavy atom. The zero-order chi connectivity index (χ0) is 17.9. The average molecular weight is 376 g/mol.